The average molecular weight is 450 g/mol. The smallest absolute Gasteiger partial charge is 0.143 e. The molecular weight excluding hydrogens is 426 g/mol. The zero-order valence-electron chi connectivity index (χ0n) is 17.9. The predicted octanol–water partition coefficient (Wildman–Crippen LogP) is 6.88. The Labute approximate surface area is 195 Å². The lowest BCUT2D eigenvalue weighted by molar-refractivity contribution is 0.619. The van der Waals surface area contributed by atoms with Crippen molar-refractivity contribution >= 4 is 44.5 Å². The number of rotatable bonds is 5. The number of aromatic nitrogens is 1. The maximum Gasteiger partial charge on any atom is 0.143 e. The van der Waals surface area contributed by atoms with E-state index in [9.17, 15) is 0 Å². The molecule has 0 saturated carbocycles. The molecular formula is C28H23N3OS. The quantitative estimate of drug-likeness (QED) is 0.282. The van der Waals surface area contributed by atoms with Crippen molar-refractivity contribution in [2.45, 2.75) is 10.7 Å². The van der Waals surface area contributed by atoms with Gasteiger partial charge in [-0.15, -0.1) is 11.8 Å². The van der Waals surface area contributed by atoms with Gasteiger partial charge in [0.25, 0.3) is 0 Å². The summed E-state index contributed by atoms with van der Waals surface area (Å²) in [5.74, 6) is 0. The predicted molar refractivity (Wildman–Crippen MR) is 138 cm³/mol. The fraction of sp³-hybridized carbons (Fsp3) is 0.0714. The molecule has 0 fully saturated rings. The van der Waals surface area contributed by atoms with Crippen LogP contribution in [-0.4, -0.2) is 4.57 Å². The van der Waals surface area contributed by atoms with Crippen molar-refractivity contribution in [3.8, 4) is 5.69 Å². The van der Waals surface area contributed by atoms with E-state index in [4.69, 9.17) is 15.9 Å². The first-order valence-electron chi connectivity index (χ1n) is 10.9. The van der Waals surface area contributed by atoms with Gasteiger partial charge in [0.05, 0.1) is 33.4 Å². The highest BCUT2D eigenvalue weighted by Crippen LogP contribution is 2.38. The molecule has 4 nitrogen and oxygen atoms in total. The topological polar surface area (TPSA) is 70.1 Å². The maximum absolute atomic E-state index is 6.60. The fourth-order valence-corrected chi connectivity index (χ4v) is 5.49. The van der Waals surface area contributed by atoms with E-state index in [1.807, 2.05) is 36.4 Å². The van der Waals surface area contributed by atoms with Crippen molar-refractivity contribution in [3.63, 3.8) is 0 Å². The molecule has 0 saturated heterocycles. The summed E-state index contributed by atoms with van der Waals surface area (Å²) in [7, 11) is 0. The number of thioether (sulfide) groups is 1. The Morgan fingerprint density at radius 1 is 0.697 bits per heavy atom. The summed E-state index contributed by atoms with van der Waals surface area (Å²) in [6.45, 7) is 0. The number of fused-ring (bicyclic) bond motifs is 5. The first-order chi connectivity index (χ1) is 16.2. The molecule has 0 aliphatic rings. The molecule has 162 valence electrons. The molecule has 4 N–H and O–H groups in total. The Kier molecular flexibility index (Phi) is 4.95. The number of hydrogen-bond acceptors (Lipinski definition) is 4. The van der Waals surface area contributed by atoms with Crippen LogP contribution in [0, 0.1) is 0 Å². The lowest BCUT2D eigenvalue weighted by Crippen LogP contribution is -2.14. The van der Waals surface area contributed by atoms with E-state index in [1.165, 1.54) is 5.39 Å². The van der Waals surface area contributed by atoms with Crippen molar-refractivity contribution < 1.29 is 4.42 Å². The van der Waals surface area contributed by atoms with Crippen molar-refractivity contribution in [2.24, 2.45) is 11.5 Å². The molecule has 0 spiro atoms. The van der Waals surface area contributed by atoms with Gasteiger partial charge in [-0.2, -0.15) is 0 Å². The number of para-hydroxylation sites is 1. The summed E-state index contributed by atoms with van der Waals surface area (Å²) < 4.78 is 8.17. The van der Waals surface area contributed by atoms with E-state index in [-0.39, 0.29) is 10.7 Å². The van der Waals surface area contributed by atoms with Crippen LogP contribution in [0.25, 0.3) is 38.5 Å². The molecule has 2 atom stereocenters. The van der Waals surface area contributed by atoms with Crippen molar-refractivity contribution in [2.75, 3.05) is 0 Å². The van der Waals surface area contributed by atoms with Crippen LogP contribution in [0.1, 0.15) is 21.9 Å². The van der Waals surface area contributed by atoms with Crippen LogP contribution in [-0.2, 0) is 0 Å². The van der Waals surface area contributed by atoms with Gasteiger partial charge in [-0.1, -0.05) is 60.7 Å². The van der Waals surface area contributed by atoms with Crippen LogP contribution in [0.4, 0.5) is 0 Å². The normalized spacial score (nSPS) is 13.6. The van der Waals surface area contributed by atoms with Crippen molar-refractivity contribution in [3.05, 3.63) is 114 Å². The highest BCUT2D eigenvalue weighted by Gasteiger charge is 2.18. The average Bonchev–Trinajstić information content (AvgIpc) is 3.47. The number of furan rings is 1. The highest BCUT2D eigenvalue weighted by atomic mass is 32.2. The summed E-state index contributed by atoms with van der Waals surface area (Å²) >= 11 is 1.55. The summed E-state index contributed by atoms with van der Waals surface area (Å²) in [5.41, 5.74) is 19.4. The molecule has 5 heteroatoms. The first kappa shape index (κ1) is 20.1. The Bertz CT molecular complexity index is 1590. The van der Waals surface area contributed by atoms with Crippen molar-refractivity contribution in [1.29, 1.82) is 0 Å². The van der Waals surface area contributed by atoms with Gasteiger partial charge in [0, 0.05) is 16.5 Å². The Morgan fingerprint density at radius 2 is 1.45 bits per heavy atom. The summed E-state index contributed by atoms with van der Waals surface area (Å²) in [6.07, 6.45) is 1.75. The number of hydrogen-bond donors (Lipinski definition) is 2. The SMILES string of the molecule is NC(SC(N)c1cccc(-n2c3ccccc3c3c4occc4ccc32)c1)c1ccccc1. The minimum Gasteiger partial charge on any atom is -0.464 e. The Morgan fingerprint density at radius 3 is 2.33 bits per heavy atom. The lowest BCUT2D eigenvalue weighted by Gasteiger charge is -2.19. The van der Waals surface area contributed by atoms with Gasteiger partial charge in [-0.25, -0.2) is 0 Å². The monoisotopic (exact) mass is 449 g/mol. The third-order valence-corrected chi connectivity index (χ3v) is 7.26. The largest absolute Gasteiger partial charge is 0.464 e. The van der Waals surface area contributed by atoms with Gasteiger partial charge in [0.1, 0.15) is 5.58 Å². The molecule has 4 aromatic carbocycles. The Hall–Kier alpha value is -3.51. The second-order valence-corrected chi connectivity index (χ2v) is 9.42. The van der Waals surface area contributed by atoms with Crippen molar-refractivity contribution in [1.82, 2.24) is 4.57 Å². The molecule has 0 bridgehead atoms. The summed E-state index contributed by atoms with van der Waals surface area (Å²) in [5, 5.41) is 2.97. The van der Waals surface area contributed by atoms with Gasteiger partial charge in [-0.3, -0.25) is 0 Å². The standard InChI is InChI=1S/C28H23N3OS/c29-27(19-7-2-1-3-8-19)33-28(30)20-9-6-10-21(17-20)31-23-12-5-4-11-22(23)25-24(31)14-13-18-15-16-32-26(18)25/h1-17,27-28H,29-30H2. The molecule has 6 rings (SSSR count). The number of nitrogens with two attached hydrogens (primary N) is 2. The number of nitrogens with zero attached hydrogens (tertiary/aromatic N) is 1. The third-order valence-electron chi connectivity index (χ3n) is 6.13. The van der Waals surface area contributed by atoms with Gasteiger partial charge < -0.3 is 20.5 Å². The lowest BCUT2D eigenvalue weighted by atomic mass is 10.1. The zero-order valence-corrected chi connectivity index (χ0v) is 18.7. The van der Waals surface area contributed by atoms with Gasteiger partial charge in [0.2, 0.25) is 0 Å². The van der Waals surface area contributed by atoms with E-state index in [0.717, 1.165) is 44.2 Å². The second-order valence-electron chi connectivity index (χ2n) is 8.13. The minimum atomic E-state index is -0.245. The minimum absolute atomic E-state index is 0.190. The molecule has 0 aliphatic heterocycles. The molecule has 2 unspecified atom stereocenters. The van der Waals surface area contributed by atoms with Crippen LogP contribution in [0.3, 0.4) is 0 Å². The highest BCUT2D eigenvalue weighted by molar-refractivity contribution is 7.99. The van der Waals surface area contributed by atoms with Gasteiger partial charge in [-0.05, 0) is 47.5 Å². The molecule has 0 aliphatic carbocycles. The zero-order chi connectivity index (χ0) is 22.4. The van der Waals surface area contributed by atoms with E-state index in [1.54, 1.807) is 18.0 Å². The van der Waals surface area contributed by atoms with E-state index in [0.29, 0.717) is 0 Å². The Balaban J connectivity index is 1.45. The van der Waals surface area contributed by atoms with Crippen LogP contribution in [0.2, 0.25) is 0 Å². The maximum atomic E-state index is 6.60. The van der Waals surface area contributed by atoms with Gasteiger partial charge >= 0.3 is 0 Å². The second kappa shape index (κ2) is 8.12. The summed E-state index contributed by atoms with van der Waals surface area (Å²) in [6, 6.07) is 33.2. The van der Waals surface area contributed by atoms with Crippen LogP contribution in [0.15, 0.2) is 108 Å². The third kappa shape index (κ3) is 3.42. The molecule has 0 amide bonds. The van der Waals surface area contributed by atoms with Crippen LogP contribution >= 0.6 is 11.8 Å². The number of benzene rings is 4. The van der Waals surface area contributed by atoms with Crippen LogP contribution < -0.4 is 11.5 Å². The fourth-order valence-electron chi connectivity index (χ4n) is 4.56. The summed E-state index contributed by atoms with van der Waals surface area (Å²) in [4.78, 5) is 0. The molecule has 2 heterocycles. The first-order valence-corrected chi connectivity index (χ1v) is 11.9. The molecule has 33 heavy (non-hydrogen) atoms. The van der Waals surface area contributed by atoms with Gasteiger partial charge in [0.15, 0.2) is 0 Å². The van der Waals surface area contributed by atoms with E-state index in [2.05, 4.69) is 65.2 Å². The molecule has 6 aromatic rings. The molecule has 2 aromatic heterocycles. The van der Waals surface area contributed by atoms with E-state index < -0.39 is 0 Å². The van der Waals surface area contributed by atoms with E-state index >= 15 is 0 Å². The van der Waals surface area contributed by atoms with Crippen LogP contribution in [0.5, 0.6) is 0 Å². The molecule has 0 radical (unpaired) electrons.